The third kappa shape index (κ3) is 5.20. The normalized spacial score (nSPS) is 15.4. The highest BCUT2D eigenvalue weighted by Gasteiger charge is 2.14. The molecule has 2 aliphatic rings. The molecule has 0 unspecified atom stereocenters. The molecule has 2 aromatic rings. The minimum Gasteiger partial charge on any atom is -0.454 e. The van der Waals surface area contributed by atoms with Crippen LogP contribution in [0.2, 0.25) is 0 Å². The van der Waals surface area contributed by atoms with Crippen LogP contribution in [-0.2, 0) is 4.79 Å². The lowest BCUT2D eigenvalue weighted by atomic mass is 10.1. The van der Waals surface area contributed by atoms with Gasteiger partial charge in [0.25, 0.3) is 0 Å². The molecule has 1 aromatic carbocycles. The molecule has 158 valence electrons. The molecule has 0 bridgehead atoms. The number of piperidine rings is 1. The van der Waals surface area contributed by atoms with Gasteiger partial charge in [-0.1, -0.05) is 6.07 Å². The number of ether oxygens (including phenoxy) is 2. The van der Waals surface area contributed by atoms with Crippen molar-refractivity contribution in [1.82, 2.24) is 15.3 Å². The van der Waals surface area contributed by atoms with Crippen molar-refractivity contribution in [3.8, 4) is 11.5 Å². The average Bonchev–Trinajstić information content (AvgIpc) is 3.23. The van der Waals surface area contributed by atoms with E-state index in [0.717, 1.165) is 41.9 Å². The summed E-state index contributed by atoms with van der Waals surface area (Å²) in [5, 5.41) is 6.15. The van der Waals surface area contributed by atoms with Gasteiger partial charge in [-0.25, -0.2) is 9.97 Å². The zero-order valence-corrected chi connectivity index (χ0v) is 17.2. The highest BCUT2D eigenvalue weighted by atomic mass is 16.7. The standard InChI is InChI=1S/C22H27N5O3/c1-16-25-20(14-21(26-16)27-11-3-2-4-12-27)23-9-10-24-22(28)8-6-17-5-7-18-19(13-17)30-15-29-18/h5-8,13-14H,2-4,9-12,15H2,1H3,(H,24,28)(H,23,25,26)/b8-6+. The first-order valence-electron chi connectivity index (χ1n) is 10.4. The summed E-state index contributed by atoms with van der Waals surface area (Å²) in [6, 6.07) is 7.56. The third-order valence-corrected chi connectivity index (χ3v) is 5.06. The van der Waals surface area contributed by atoms with Gasteiger partial charge in [0.2, 0.25) is 12.7 Å². The van der Waals surface area contributed by atoms with E-state index in [9.17, 15) is 4.79 Å². The Hall–Kier alpha value is -3.29. The number of nitrogens with zero attached hydrogens (tertiary/aromatic N) is 3. The molecule has 1 fully saturated rings. The first-order chi connectivity index (χ1) is 14.7. The molecule has 1 aromatic heterocycles. The molecule has 3 heterocycles. The number of amides is 1. The maximum absolute atomic E-state index is 12.1. The number of rotatable bonds is 7. The first kappa shape index (κ1) is 20.0. The summed E-state index contributed by atoms with van der Waals surface area (Å²) in [5.41, 5.74) is 0.884. The summed E-state index contributed by atoms with van der Waals surface area (Å²) in [4.78, 5) is 23.4. The van der Waals surface area contributed by atoms with Crippen LogP contribution in [-0.4, -0.2) is 48.8 Å². The topological polar surface area (TPSA) is 88.6 Å². The number of hydrogen-bond acceptors (Lipinski definition) is 7. The highest BCUT2D eigenvalue weighted by Crippen LogP contribution is 2.32. The van der Waals surface area contributed by atoms with Crippen molar-refractivity contribution in [2.45, 2.75) is 26.2 Å². The minimum atomic E-state index is -0.151. The van der Waals surface area contributed by atoms with Gasteiger partial charge in [-0.15, -0.1) is 0 Å². The Kier molecular flexibility index (Phi) is 6.32. The second kappa shape index (κ2) is 9.47. The third-order valence-electron chi connectivity index (χ3n) is 5.06. The van der Waals surface area contributed by atoms with Gasteiger partial charge in [-0.05, 0) is 50.0 Å². The number of hydrogen-bond donors (Lipinski definition) is 2. The number of carbonyl (C=O) groups excluding carboxylic acids is 1. The predicted molar refractivity (Wildman–Crippen MR) is 116 cm³/mol. The number of nitrogens with one attached hydrogen (secondary N) is 2. The van der Waals surface area contributed by atoms with Gasteiger partial charge < -0.3 is 25.0 Å². The molecule has 0 atom stereocenters. The van der Waals surface area contributed by atoms with Gasteiger partial charge in [0, 0.05) is 38.3 Å². The molecular formula is C22H27N5O3. The van der Waals surface area contributed by atoms with Crippen molar-refractivity contribution in [2.75, 3.05) is 43.2 Å². The van der Waals surface area contributed by atoms with E-state index < -0.39 is 0 Å². The van der Waals surface area contributed by atoms with Crippen molar-refractivity contribution in [1.29, 1.82) is 0 Å². The maximum Gasteiger partial charge on any atom is 0.244 e. The Bertz CT molecular complexity index is 925. The van der Waals surface area contributed by atoms with Crippen LogP contribution >= 0.6 is 0 Å². The highest BCUT2D eigenvalue weighted by molar-refractivity contribution is 5.91. The summed E-state index contributed by atoms with van der Waals surface area (Å²) in [6.07, 6.45) is 6.97. The van der Waals surface area contributed by atoms with E-state index in [1.54, 1.807) is 6.08 Å². The quantitative estimate of drug-likeness (QED) is 0.537. The first-order valence-corrected chi connectivity index (χ1v) is 10.4. The Morgan fingerprint density at radius 2 is 1.93 bits per heavy atom. The van der Waals surface area contributed by atoms with Crippen LogP contribution in [0.5, 0.6) is 11.5 Å². The Labute approximate surface area is 176 Å². The van der Waals surface area contributed by atoms with E-state index in [1.807, 2.05) is 31.2 Å². The van der Waals surface area contributed by atoms with Crippen LogP contribution in [0.4, 0.5) is 11.6 Å². The minimum absolute atomic E-state index is 0.151. The maximum atomic E-state index is 12.1. The number of benzene rings is 1. The number of aryl methyl sites for hydroxylation is 1. The molecule has 0 spiro atoms. The lowest BCUT2D eigenvalue weighted by Gasteiger charge is -2.28. The van der Waals surface area contributed by atoms with E-state index in [0.29, 0.717) is 18.8 Å². The zero-order valence-electron chi connectivity index (χ0n) is 17.2. The molecule has 0 saturated carbocycles. The predicted octanol–water partition coefficient (Wildman–Crippen LogP) is 2.75. The lowest BCUT2D eigenvalue weighted by Crippen LogP contribution is -2.30. The van der Waals surface area contributed by atoms with E-state index in [2.05, 4.69) is 25.5 Å². The molecule has 2 aliphatic heterocycles. The molecule has 1 saturated heterocycles. The summed E-state index contributed by atoms with van der Waals surface area (Å²) in [7, 11) is 0. The molecule has 30 heavy (non-hydrogen) atoms. The van der Waals surface area contributed by atoms with Crippen LogP contribution in [0, 0.1) is 6.92 Å². The molecular weight excluding hydrogens is 382 g/mol. The second-order valence-corrected chi connectivity index (χ2v) is 7.37. The fourth-order valence-electron chi connectivity index (χ4n) is 3.55. The van der Waals surface area contributed by atoms with Gasteiger partial charge in [0.05, 0.1) is 0 Å². The Balaban J connectivity index is 1.23. The van der Waals surface area contributed by atoms with Gasteiger partial charge in [-0.2, -0.15) is 0 Å². The molecule has 8 nitrogen and oxygen atoms in total. The number of carbonyl (C=O) groups is 1. The summed E-state index contributed by atoms with van der Waals surface area (Å²) >= 11 is 0. The summed E-state index contributed by atoms with van der Waals surface area (Å²) in [6.45, 7) is 5.30. The van der Waals surface area contributed by atoms with E-state index >= 15 is 0 Å². The number of aromatic nitrogens is 2. The summed E-state index contributed by atoms with van der Waals surface area (Å²) < 4.78 is 10.6. The largest absolute Gasteiger partial charge is 0.454 e. The van der Waals surface area contributed by atoms with Gasteiger partial charge >= 0.3 is 0 Å². The fourth-order valence-corrected chi connectivity index (χ4v) is 3.55. The van der Waals surface area contributed by atoms with Crippen molar-refractivity contribution >= 4 is 23.6 Å². The van der Waals surface area contributed by atoms with Crippen LogP contribution in [0.3, 0.4) is 0 Å². The zero-order chi connectivity index (χ0) is 20.8. The monoisotopic (exact) mass is 409 g/mol. The number of fused-ring (bicyclic) bond motifs is 1. The van der Waals surface area contributed by atoms with Crippen LogP contribution in [0.15, 0.2) is 30.3 Å². The molecule has 8 heteroatoms. The SMILES string of the molecule is Cc1nc(NCCNC(=O)/C=C/c2ccc3c(c2)OCO3)cc(N2CCCCC2)n1. The second-order valence-electron chi connectivity index (χ2n) is 7.37. The molecule has 0 radical (unpaired) electrons. The van der Waals surface area contributed by atoms with E-state index in [-0.39, 0.29) is 12.7 Å². The van der Waals surface area contributed by atoms with Gasteiger partial charge in [0.15, 0.2) is 11.5 Å². The molecule has 4 rings (SSSR count). The van der Waals surface area contributed by atoms with Gasteiger partial charge in [0.1, 0.15) is 17.5 Å². The molecule has 2 N–H and O–H groups in total. The van der Waals surface area contributed by atoms with Crippen LogP contribution < -0.4 is 25.0 Å². The van der Waals surface area contributed by atoms with E-state index in [4.69, 9.17) is 9.47 Å². The average molecular weight is 409 g/mol. The van der Waals surface area contributed by atoms with Crippen molar-refractivity contribution in [2.24, 2.45) is 0 Å². The number of anilines is 2. The lowest BCUT2D eigenvalue weighted by molar-refractivity contribution is -0.116. The summed E-state index contributed by atoms with van der Waals surface area (Å²) in [5.74, 6) is 3.78. The van der Waals surface area contributed by atoms with Crippen molar-refractivity contribution < 1.29 is 14.3 Å². The van der Waals surface area contributed by atoms with Gasteiger partial charge in [-0.3, -0.25) is 4.79 Å². The Morgan fingerprint density at radius 3 is 2.80 bits per heavy atom. The van der Waals surface area contributed by atoms with Crippen molar-refractivity contribution in [3.05, 3.63) is 41.7 Å². The van der Waals surface area contributed by atoms with Crippen molar-refractivity contribution in [3.63, 3.8) is 0 Å². The van der Waals surface area contributed by atoms with Crippen LogP contribution in [0.1, 0.15) is 30.7 Å². The smallest absolute Gasteiger partial charge is 0.244 e. The molecule has 1 amide bonds. The fraction of sp³-hybridized carbons (Fsp3) is 0.409. The molecule has 0 aliphatic carbocycles. The Morgan fingerprint density at radius 1 is 1.10 bits per heavy atom. The van der Waals surface area contributed by atoms with Crippen LogP contribution in [0.25, 0.3) is 6.08 Å². The van der Waals surface area contributed by atoms with E-state index in [1.165, 1.54) is 25.3 Å².